The van der Waals surface area contributed by atoms with E-state index in [9.17, 15) is 4.79 Å². The lowest BCUT2D eigenvalue weighted by Crippen LogP contribution is -2.13. The number of benzene rings is 3. The second-order valence-electron chi connectivity index (χ2n) is 6.51. The van der Waals surface area contributed by atoms with Gasteiger partial charge in [0.1, 0.15) is 5.01 Å². The molecule has 5 heteroatoms. The van der Waals surface area contributed by atoms with Gasteiger partial charge in [-0.25, -0.2) is 4.98 Å². The van der Waals surface area contributed by atoms with Crippen LogP contribution in [0, 0.1) is 13.8 Å². The molecule has 0 saturated carbocycles. The molecule has 0 aliphatic rings. The van der Waals surface area contributed by atoms with E-state index in [2.05, 4.69) is 5.32 Å². The van der Waals surface area contributed by atoms with Crippen LogP contribution in [0.1, 0.15) is 21.5 Å². The summed E-state index contributed by atoms with van der Waals surface area (Å²) in [5.74, 6) is -0.147. The van der Waals surface area contributed by atoms with Crippen LogP contribution in [0.15, 0.2) is 60.7 Å². The SMILES string of the molecule is Cc1cc(C)cc(C(=O)Nc2ccc(Cl)cc2-c2nc3ccccc3s2)c1. The topological polar surface area (TPSA) is 42.0 Å². The van der Waals surface area contributed by atoms with Gasteiger partial charge in [-0.2, -0.15) is 0 Å². The molecule has 0 spiro atoms. The fourth-order valence-electron chi connectivity index (χ4n) is 3.09. The second-order valence-corrected chi connectivity index (χ2v) is 7.97. The Morgan fingerprint density at radius 2 is 1.74 bits per heavy atom. The molecule has 27 heavy (non-hydrogen) atoms. The number of carbonyl (C=O) groups is 1. The van der Waals surface area contributed by atoms with Gasteiger partial charge in [-0.15, -0.1) is 11.3 Å². The molecule has 0 aliphatic heterocycles. The molecule has 0 atom stereocenters. The molecule has 1 amide bonds. The van der Waals surface area contributed by atoms with Gasteiger partial charge < -0.3 is 5.32 Å². The van der Waals surface area contributed by atoms with Crippen molar-refractivity contribution in [3.63, 3.8) is 0 Å². The first-order valence-corrected chi connectivity index (χ1v) is 9.74. The van der Waals surface area contributed by atoms with Gasteiger partial charge >= 0.3 is 0 Å². The van der Waals surface area contributed by atoms with Crippen molar-refractivity contribution < 1.29 is 4.79 Å². The van der Waals surface area contributed by atoms with Crippen LogP contribution < -0.4 is 5.32 Å². The first kappa shape index (κ1) is 17.7. The minimum atomic E-state index is -0.147. The van der Waals surface area contributed by atoms with Crippen molar-refractivity contribution >= 4 is 44.7 Å². The Balaban J connectivity index is 1.74. The van der Waals surface area contributed by atoms with E-state index in [1.807, 2.05) is 68.4 Å². The molecule has 0 radical (unpaired) electrons. The molecule has 1 aromatic heterocycles. The van der Waals surface area contributed by atoms with Crippen LogP contribution in [0.25, 0.3) is 20.8 Å². The minimum absolute atomic E-state index is 0.147. The number of fused-ring (bicyclic) bond motifs is 1. The summed E-state index contributed by atoms with van der Waals surface area (Å²) in [5, 5.41) is 4.45. The van der Waals surface area contributed by atoms with Gasteiger partial charge in [0.15, 0.2) is 0 Å². The molecule has 3 nitrogen and oxygen atoms in total. The number of thiazole rings is 1. The zero-order valence-corrected chi connectivity index (χ0v) is 16.5. The molecule has 1 N–H and O–H groups in total. The molecule has 0 fully saturated rings. The summed E-state index contributed by atoms with van der Waals surface area (Å²) < 4.78 is 1.10. The van der Waals surface area contributed by atoms with E-state index in [-0.39, 0.29) is 5.91 Å². The molecule has 4 rings (SSSR count). The summed E-state index contributed by atoms with van der Waals surface area (Å²) >= 11 is 7.80. The van der Waals surface area contributed by atoms with Gasteiger partial charge in [0, 0.05) is 16.1 Å². The Hall–Kier alpha value is -2.69. The van der Waals surface area contributed by atoms with E-state index in [4.69, 9.17) is 16.6 Å². The summed E-state index contributed by atoms with van der Waals surface area (Å²) in [6, 6.07) is 19.2. The molecule has 0 saturated heterocycles. The Bertz CT molecular complexity index is 1110. The number of amides is 1. The number of hydrogen-bond donors (Lipinski definition) is 1. The standard InChI is InChI=1S/C22H17ClN2OS/c1-13-9-14(2)11-15(10-13)21(26)24-18-8-7-16(23)12-17(18)22-25-19-5-3-4-6-20(19)27-22/h3-12H,1-2H3,(H,24,26). The highest BCUT2D eigenvalue weighted by atomic mass is 35.5. The predicted molar refractivity (Wildman–Crippen MR) is 114 cm³/mol. The number of para-hydroxylation sites is 1. The van der Waals surface area contributed by atoms with Gasteiger partial charge in [0.2, 0.25) is 0 Å². The Morgan fingerprint density at radius 1 is 1.00 bits per heavy atom. The molecule has 3 aromatic carbocycles. The highest BCUT2D eigenvalue weighted by Gasteiger charge is 2.15. The van der Waals surface area contributed by atoms with Gasteiger partial charge in [-0.3, -0.25) is 4.79 Å². The maximum atomic E-state index is 12.8. The first-order valence-electron chi connectivity index (χ1n) is 8.55. The maximum absolute atomic E-state index is 12.8. The zero-order valence-electron chi connectivity index (χ0n) is 14.9. The molecular formula is C22H17ClN2OS. The number of hydrogen-bond acceptors (Lipinski definition) is 3. The number of aryl methyl sites for hydroxylation is 2. The molecule has 0 aliphatic carbocycles. The number of aromatic nitrogens is 1. The summed E-state index contributed by atoms with van der Waals surface area (Å²) in [4.78, 5) is 17.5. The summed E-state index contributed by atoms with van der Waals surface area (Å²) in [5.41, 5.74) is 5.20. The van der Waals surface area contributed by atoms with Crippen molar-refractivity contribution in [2.75, 3.05) is 5.32 Å². The van der Waals surface area contributed by atoms with E-state index in [1.165, 1.54) is 0 Å². The average molecular weight is 393 g/mol. The average Bonchev–Trinajstić information content (AvgIpc) is 3.06. The Labute approximate surface area is 166 Å². The quantitative estimate of drug-likeness (QED) is 0.433. The van der Waals surface area contributed by atoms with Crippen molar-refractivity contribution in [3.8, 4) is 10.6 Å². The highest BCUT2D eigenvalue weighted by molar-refractivity contribution is 7.21. The van der Waals surface area contributed by atoms with Crippen LogP contribution in [0.2, 0.25) is 5.02 Å². The lowest BCUT2D eigenvalue weighted by Gasteiger charge is -2.11. The van der Waals surface area contributed by atoms with Crippen LogP contribution >= 0.6 is 22.9 Å². The third-order valence-electron chi connectivity index (χ3n) is 4.24. The Kier molecular flexibility index (Phi) is 4.68. The maximum Gasteiger partial charge on any atom is 0.255 e. The number of rotatable bonds is 3. The van der Waals surface area contributed by atoms with Gasteiger partial charge in [-0.05, 0) is 56.3 Å². The Morgan fingerprint density at radius 3 is 2.48 bits per heavy atom. The van der Waals surface area contributed by atoms with Crippen molar-refractivity contribution in [1.29, 1.82) is 0 Å². The summed E-state index contributed by atoms with van der Waals surface area (Å²) in [7, 11) is 0. The summed E-state index contributed by atoms with van der Waals surface area (Å²) in [6.07, 6.45) is 0. The molecular weight excluding hydrogens is 376 g/mol. The zero-order chi connectivity index (χ0) is 19.0. The fraction of sp³-hybridized carbons (Fsp3) is 0.0909. The predicted octanol–water partition coefficient (Wildman–Crippen LogP) is 6.49. The van der Waals surface area contributed by atoms with Crippen LogP contribution in [0.4, 0.5) is 5.69 Å². The van der Waals surface area contributed by atoms with E-state index in [0.29, 0.717) is 16.3 Å². The highest BCUT2D eigenvalue weighted by Crippen LogP contribution is 2.36. The third kappa shape index (κ3) is 3.72. The van der Waals surface area contributed by atoms with E-state index in [0.717, 1.165) is 31.9 Å². The first-order chi connectivity index (χ1) is 13.0. The largest absolute Gasteiger partial charge is 0.321 e. The number of carbonyl (C=O) groups excluding carboxylic acids is 1. The van der Waals surface area contributed by atoms with E-state index < -0.39 is 0 Å². The fourth-order valence-corrected chi connectivity index (χ4v) is 4.26. The van der Waals surface area contributed by atoms with E-state index >= 15 is 0 Å². The van der Waals surface area contributed by atoms with Crippen molar-refractivity contribution in [3.05, 3.63) is 82.4 Å². The van der Waals surface area contributed by atoms with Crippen LogP contribution in [0.3, 0.4) is 0 Å². The summed E-state index contributed by atoms with van der Waals surface area (Å²) in [6.45, 7) is 3.97. The normalized spacial score (nSPS) is 10.9. The van der Waals surface area contributed by atoms with Crippen LogP contribution in [0.5, 0.6) is 0 Å². The molecule has 0 bridgehead atoms. The van der Waals surface area contributed by atoms with Crippen molar-refractivity contribution in [2.45, 2.75) is 13.8 Å². The van der Waals surface area contributed by atoms with Crippen LogP contribution in [-0.2, 0) is 0 Å². The number of halogens is 1. The minimum Gasteiger partial charge on any atom is -0.321 e. The number of nitrogens with one attached hydrogen (secondary N) is 1. The number of anilines is 1. The lowest BCUT2D eigenvalue weighted by molar-refractivity contribution is 0.102. The molecule has 0 unspecified atom stereocenters. The smallest absolute Gasteiger partial charge is 0.255 e. The van der Waals surface area contributed by atoms with Gasteiger partial charge in [-0.1, -0.05) is 40.9 Å². The molecule has 134 valence electrons. The third-order valence-corrected chi connectivity index (χ3v) is 5.54. The second kappa shape index (κ2) is 7.14. The van der Waals surface area contributed by atoms with Crippen LogP contribution in [-0.4, -0.2) is 10.9 Å². The number of nitrogens with zero attached hydrogens (tertiary/aromatic N) is 1. The van der Waals surface area contributed by atoms with Gasteiger partial charge in [0.05, 0.1) is 15.9 Å². The van der Waals surface area contributed by atoms with Gasteiger partial charge in [0.25, 0.3) is 5.91 Å². The van der Waals surface area contributed by atoms with Crippen molar-refractivity contribution in [2.24, 2.45) is 0 Å². The van der Waals surface area contributed by atoms with E-state index in [1.54, 1.807) is 17.4 Å². The lowest BCUT2D eigenvalue weighted by atomic mass is 10.1. The molecule has 1 heterocycles. The van der Waals surface area contributed by atoms with Crippen molar-refractivity contribution in [1.82, 2.24) is 4.98 Å². The monoisotopic (exact) mass is 392 g/mol. The molecule has 4 aromatic rings.